The van der Waals surface area contributed by atoms with E-state index in [2.05, 4.69) is 10.3 Å². The maximum Gasteiger partial charge on any atom is 0.330 e. The number of benzene rings is 3. The van der Waals surface area contributed by atoms with Crippen molar-refractivity contribution in [1.82, 2.24) is 14.7 Å². The molecule has 0 aliphatic rings. The predicted octanol–water partition coefficient (Wildman–Crippen LogP) is 5.46. The zero-order chi connectivity index (χ0) is 29.4. The second-order valence-corrected chi connectivity index (χ2v) is 10.2. The first-order valence-electron chi connectivity index (χ1n) is 14.0. The lowest BCUT2D eigenvalue weighted by molar-refractivity contribution is -0.139. The van der Waals surface area contributed by atoms with Crippen molar-refractivity contribution in [2.24, 2.45) is 5.73 Å². The van der Waals surface area contributed by atoms with Gasteiger partial charge in [0.05, 0.1) is 5.69 Å². The van der Waals surface area contributed by atoms with Gasteiger partial charge in [-0.15, -0.1) is 0 Å². The zero-order valence-electron chi connectivity index (χ0n) is 23.5. The Morgan fingerprint density at radius 1 is 0.881 bits per heavy atom. The summed E-state index contributed by atoms with van der Waals surface area (Å²) in [6.07, 6.45) is 5.27. The van der Waals surface area contributed by atoms with E-state index in [1.54, 1.807) is 6.08 Å². The first-order valence-corrected chi connectivity index (χ1v) is 14.0. The van der Waals surface area contributed by atoms with Gasteiger partial charge in [0.1, 0.15) is 17.8 Å². The molecule has 0 saturated carbocycles. The SMILES string of the molecule is Cc1cccc2nc(COC(=O)/C=C/[C@@H](N)CCC(=O)NC(c3ccccc3)(c3ccccc3)c3ccccc3)cn12. The summed E-state index contributed by atoms with van der Waals surface area (Å²) in [5.74, 6) is -0.667. The number of aryl methyl sites for hydroxylation is 1. The van der Waals surface area contributed by atoms with Gasteiger partial charge in [-0.1, -0.05) is 103 Å². The summed E-state index contributed by atoms with van der Waals surface area (Å²) in [5.41, 5.74) is 10.7. The average Bonchev–Trinajstić information content (AvgIpc) is 3.46. The normalized spacial score (nSPS) is 12.3. The molecule has 2 aromatic heterocycles. The Morgan fingerprint density at radius 3 is 2.00 bits per heavy atom. The number of nitrogens with two attached hydrogens (primary N) is 1. The largest absolute Gasteiger partial charge is 0.456 e. The minimum absolute atomic E-state index is 0.0580. The molecule has 0 saturated heterocycles. The lowest BCUT2D eigenvalue weighted by Gasteiger charge is -2.37. The number of imidazole rings is 1. The fourth-order valence-corrected chi connectivity index (χ4v) is 5.11. The second kappa shape index (κ2) is 13.1. The minimum Gasteiger partial charge on any atom is -0.456 e. The van der Waals surface area contributed by atoms with Crippen LogP contribution in [0.5, 0.6) is 0 Å². The molecule has 3 N–H and O–H groups in total. The molecule has 3 aromatic carbocycles. The van der Waals surface area contributed by atoms with Gasteiger partial charge in [0.2, 0.25) is 5.91 Å². The van der Waals surface area contributed by atoms with E-state index in [1.807, 2.05) is 127 Å². The maximum absolute atomic E-state index is 13.5. The van der Waals surface area contributed by atoms with Crippen LogP contribution in [-0.4, -0.2) is 27.3 Å². The number of amides is 1. The Bertz CT molecular complexity index is 1570. The average molecular weight is 559 g/mol. The van der Waals surface area contributed by atoms with E-state index < -0.39 is 17.6 Å². The number of carbonyl (C=O) groups is 2. The van der Waals surface area contributed by atoms with E-state index in [0.29, 0.717) is 12.1 Å². The number of nitrogens with zero attached hydrogens (tertiary/aromatic N) is 2. The van der Waals surface area contributed by atoms with Gasteiger partial charge in [-0.3, -0.25) is 4.79 Å². The quantitative estimate of drug-likeness (QED) is 0.127. The Labute approximate surface area is 245 Å². The van der Waals surface area contributed by atoms with Crippen molar-refractivity contribution in [2.75, 3.05) is 0 Å². The first kappa shape index (κ1) is 28.5. The van der Waals surface area contributed by atoms with Crippen LogP contribution in [0.1, 0.15) is 40.9 Å². The standard InChI is InChI=1S/C35H34N4O3/c1-26-12-11-19-32-37-31(24-39(26)32)25-42-34(41)23-21-30(36)20-22-33(40)38-35(27-13-5-2-6-14-27,28-15-7-3-8-16-28)29-17-9-4-10-18-29/h2-19,21,23-24,30H,20,22,25,36H2,1H3,(H,38,40)/b23-21+/t30-/m0/s1. The van der Waals surface area contributed by atoms with Gasteiger partial charge in [-0.05, 0) is 42.2 Å². The summed E-state index contributed by atoms with van der Waals surface area (Å²) in [6.45, 7) is 2.04. The summed E-state index contributed by atoms with van der Waals surface area (Å²) in [4.78, 5) is 30.3. The third-order valence-corrected chi connectivity index (χ3v) is 7.24. The van der Waals surface area contributed by atoms with Gasteiger partial charge in [-0.2, -0.15) is 0 Å². The highest BCUT2D eigenvalue weighted by Gasteiger charge is 2.37. The molecular weight excluding hydrogens is 524 g/mol. The highest BCUT2D eigenvalue weighted by atomic mass is 16.5. The van der Waals surface area contributed by atoms with Crippen LogP contribution in [0.2, 0.25) is 0 Å². The molecule has 0 unspecified atom stereocenters. The second-order valence-electron chi connectivity index (χ2n) is 10.2. The molecule has 0 radical (unpaired) electrons. The number of aromatic nitrogens is 2. The molecule has 0 aliphatic carbocycles. The van der Waals surface area contributed by atoms with Crippen molar-refractivity contribution in [1.29, 1.82) is 0 Å². The Balaban J connectivity index is 1.23. The van der Waals surface area contributed by atoms with E-state index in [1.165, 1.54) is 6.08 Å². The fraction of sp³-hybridized carbons (Fsp3) is 0.171. The fourth-order valence-electron chi connectivity index (χ4n) is 5.11. The summed E-state index contributed by atoms with van der Waals surface area (Å²) >= 11 is 0. The van der Waals surface area contributed by atoms with Gasteiger partial charge in [0, 0.05) is 30.4 Å². The van der Waals surface area contributed by atoms with Crippen LogP contribution in [0.4, 0.5) is 0 Å². The van der Waals surface area contributed by atoms with Crippen LogP contribution in [-0.2, 0) is 26.5 Å². The van der Waals surface area contributed by atoms with Crippen LogP contribution >= 0.6 is 0 Å². The molecule has 5 rings (SSSR count). The predicted molar refractivity (Wildman–Crippen MR) is 163 cm³/mol. The van der Waals surface area contributed by atoms with Gasteiger partial charge in [0.15, 0.2) is 0 Å². The topological polar surface area (TPSA) is 98.7 Å². The van der Waals surface area contributed by atoms with Gasteiger partial charge in [0.25, 0.3) is 0 Å². The summed E-state index contributed by atoms with van der Waals surface area (Å²) in [7, 11) is 0. The maximum atomic E-state index is 13.5. The van der Waals surface area contributed by atoms with E-state index >= 15 is 0 Å². The van der Waals surface area contributed by atoms with Crippen LogP contribution in [0.25, 0.3) is 5.65 Å². The number of fused-ring (bicyclic) bond motifs is 1. The lowest BCUT2D eigenvalue weighted by Crippen LogP contribution is -2.48. The smallest absolute Gasteiger partial charge is 0.330 e. The van der Waals surface area contributed by atoms with E-state index in [-0.39, 0.29) is 18.9 Å². The summed E-state index contributed by atoms with van der Waals surface area (Å²) < 4.78 is 7.30. The number of hydrogen-bond acceptors (Lipinski definition) is 5. The van der Waals surface area contributed by atoms with Crippen molar-refractivity contribution in [2.45, 2.75) is 38.0 Å². The molecule has 0 bridgehead atoms. The Morgan fingerprint density at radius 2 is 1.45 bits per heavy atom. The first-order chi connectivity index (χ1) is 20.5. The molecule has 1 amide bonds. The zero-order valence-corrected chi connectivity index (χ0v) is 23.5. The molecule has 212 valence electrons. The molecule has 42 heavy (non-hydrogen) atoms. The Kier molecular flexibility index (Phi) is 8.90. The molecule has 0 spiro atoms. The minimum atomic E-state index is -0.888. The highest BCUT2D eigenvalue weighted by Crippen LogP contribution is 2.36. The summed E-state index contributed by atoms with van der Waals surface area (Å²) in [5, 5.41) is 3.33. The van der Waals surface area contributed by atoms with Crippen LogP contribution in [0, 0.1) is 6.92 Å². The molecule has 0 aliphatic heterocycles. The van der Waals surface area contributed by atoms with Gasteiger partial charge < -0.3 is 20.2 Å². The number of hydrogen-bond donors (Lipinski definition) is 2. The monoisotopic (exact) mass is 558 g/mol. The highest BCUT2D eigenvalue weighted by molar-refractivity contribution is 5.82. The third-order valence-electron chi connectivity index (χ3n) is 7.24. The number of ether oxygens (including phenoxy) is 1. The van der Waals surface area contributed by atoms with E-state index in [0.717, 1.165) is 28.0 Å². The van der Waals surface area contributed by atoms with Crippen molar-refractivity contribution < 1.29 is 14.3 Å². The van der Waals surface area contributed by atoms with Crippen molar-refractivity contribution in [3.8, 4) is 0 Å². The van der Waals surface area contributed by atoms with Crippen LogP contribution in [0.3, 0.4) is 0 Å². The van der Waals surface area contributed by atoms with Gasteiger partial charge in [-0.25, -0.2) is 9.78 Å². The Hall–Kier alpha value is -5.01. The number of carbonyl (C=O) groups excluding carboxylic acids is 2. The van der Waals surface area contributed by atoms with E-state index in [4.69, 9.17) is 10.5 Å². The molecule has 7 heteroatoms. The van der Waals surface area contributed by atoms with Crippen LogP contribution in [0.15, 0.2) is 128 Å². The number of esters is 1. The molecule has 0 fully saturated rings. The van der Waals surface area contributed by atoms with Crippen molar-refractivity contribution >= 4 is 17.5 Å². The molecule has 5 aromatic rings. The molecule has 1 atom stereocenters. The third kappa shape index (κ3) is 6.48. The number of pyridine rings is 1. The van der Waals surface area contributed by atoms with Crippen LogP contribution < -0.4 is 11.1 Å². The molecule has 7 nitrogen and oxygen atoms in total. The van der Waals surface area contributed by atoms with Gasteiger partial charge >= 0.3 is 5.97 Å². The number of nitrogens with one attached hydrogen (secondary N) is 1. The summed E-state index contributed by atoms with van der Waals surface area (Å²) in [6, 6.07) is 35.1. The molecule has 2 heterocycles. The van der Waals surface area contributed by atoms with Crippen molar-refractivity contribution in [3.05, 3.63) is 156 Å². The lowest BCUT2D eigenvalue weighted by atomic mass is 9.77. The molecular formula is C35H34N4O3. The van der Waals surface area contributed by atoms with E-state index in [9.17, 15) is 9.59 Å². The van der Waals surface area contributed by atoms with Crippen molar-refractivity contribution in [3.63, 3.8) is 0 Å². The number of rotatable bonds is 11.